The van der Waals surface area contributed by atoms with E-state index in [1.54, 1.807) is 6.20 Å². The van der Waals surface area contributed by atoms with Crippen LogP contribution in [0.15, 0.2) is 112 Å². The van der Waals surface area contributed by atoms with Crippen LogP contribution < -0.4 is 21.3 Å². The second kappa shape index (κ2) is 13.0. The Bertz CT molecular complexity index is 2450. The van der Waals surface area contributed by atoms with Crippen molar-refractivity contribution in [2.24, 2.45) is 7.05 Å². The van der Waals surface area contributed by atoms with Crippen molar-refractivity contribution >= 4 is 38.5 Å². The van der Waals surface area contributed by atoms with E-state index in [-0.39, 0.29) is 28.1 Å². The average molecular weight is 685 g/mol. The maximum atomic E-state index is 15.0. The molecule has 1 amide bonds. The van der Waals surface area contributed by atoms with Crippen molar-refractivity contribution in [3.05, 3.63) is 135 Å². The van der Waals surface area contributed by atoms with Gasteiger partial charge >= 0.3 is 11.7 Å². The summed E-state index contributed by atoms with van der Waals surface area (Å²) in [5.41, 5.74) is -0.224. The summed E-state index contributed by atoms with van der Waals surface area (Å²) in [5.74, 6) is -3.53. The van der Waals surface area contributed by atoms with E-state index in [1.165, 1.54) is 95.6 Å². The highest BCUT2D eigenvalue weighted by Crippen LogP contribution is 2.21. The van der Waals surface area contributed by atoms with Crippen LogP contribution in [-0.2, 0) is 28.3 Å². The zero-order valence-corrected chi connectivity index (χ0v) is 26.2. The highest BCUT2D eigenvalue weighted by Gasteiger charge is 2.24. The number of fused-ring (bicyclic) bond motifs is 1. The van der Waals surface area contributed by atoms with Gasteiger partial charge in [-0.15, -0.1) is 5.10 Å². The van der Waals surface area contributed by atoms with Gasteiger partial charge in [-0.25, -0.2) is 31.6 Å². The van der Waals surface area contributed by atoms with Crippen molar-refractivity contribution < 1.29 is 27.5 Å². The van der Waals surface area contributed by atoms with Crippen LogP contribution in [0.1, 0.15) is 15.9 Å². The van der Waals surface area contributed by atoms with Crippen LogP contribution in [0.3, 0.4) is 0 Å². The van der Waals surface area contributed by atoms with Crippen LogP contribution >= 0.6 is 0 Å². The molecule has 0 aliphatic heterocycles. The summed E-state index contributed by atoms with van der Waals surface area (Å²) >= 11 is 0. The number of carbonyl (C=O) groups excluding carboxylic acids is 1. The third kappa shape index (κ3) is 6.54. The number of rotatable bonds is 10. The van der Waals surface area contributed by atoms with Crippen molar-refractivity contribution in [3.8, 4) is 11.4 Å². The summed E-state index contributed by atoms with van der Waals surface area (Å²) in [6.07, 6.45) is 5.69. The van der Waals surface area contributed by atoms with E-state index in [9.17, 15) is 32.7 Å². The maximum Gasteiger partial charge on any atom is 0.335 e. The Kier molecular flexibility index (Phi) is 8.58. The molecule has 0 spiro atoms. The lowest BCUT2D eigenvalue weighted by Gasteiger charge is -2.16. The van der Waals surface area contributed by atoms with Crippen LogP contribution in [0.25, 0.3) is 22.3 Å². The lowest BCUT2D eigenvalue weighted by Crippen LogP contribution is -2.42. The minimum Gasteiger partial charge on any atom is -0.480 e. The number of aromatic nitrogens is 6. The smallest absolute Gasteiger partial charge is 0.335 e. The molecule has 3 aromatic heterocycles. The first kappa shape index (κ1) is 32.5. The van der Waals surface area contributed by atoms with Gasteiger partial charge in [-0.05, 0) is 66.2 Å². The summed E-state index contributed by atoms with van der Waals surface area (Å²) in [4.78, 5) is 54.8. The summed E-state index contributed by atoms with van der Waals surface area (Å²) < 4.78 is 46.8. The van der Waals surface area contributed by atoms with E-state index >= 15 is 4.39 Å². The molecule has 0 bridgehead atoms. The largest absolute Gasteiger partial charge is 0.480 e. The molecule has 1 atom stereocenters. The zero-order valence-electron chi connectivity index (χ0n) is 25.4. The highest BCUT2D eigenvalue weighted by atomic mass is 32.2. The first-order chi connectivity index (χ1) is 23.4. The van der Waals surface area contributed by atoms with Crippen molar-refractivity contribution in [1.82, 2.24) is 34.4 Å². The number of carbonyl (C=O) groups is 2. The third-order valence-corrected chi connectivity index (χ3v) is 9.01. The number of halogens is 1. The quantitative estimate of drug-likeness (QED) is 0.192. The minimum absolute atomic E-state index is 0.111. The number of hydrogen-bond acceptors (Lipinski definition) is 9. The number of carboxylic acids is 1. The van der Waals surface area contributed by atoms with Crippen LogP contribution in [-0.4, -0.2) is 60.6 Å². The van der Waals surface area contributed by atoms with Gasteiger partial charge in [0, 0.05) is 19.7 Å². The lowest BCUT2D eigenvalue weighted by molar-refractivity contribution is -0.139. The SMILES string of the molecule is Cn1c(=O)n(-c2ccc(C[C@H](NC(=O)c3ccc(NS(=O)(=O)c4ccc(-n5ccnn5)cc4)cc3F)C(=O)O)cc2)c(=O)c2ccncc21. The summed E-state index contributed by atoms with van der Waals surface area (Å²) in [6, 6.07) is 14.7. The number of pyridine rings is 1. The molecule has 15 nitrogen and oxygen atoms in total. The second-order valence-corrected chi connectivity index (χ2v) is 12.4. The number of anilines is 1. The molecule has 0 saturated heterocycles. The van der Waals surface area contributed by atoms with Crippen molar-refractivity contribution in [2.75, 3.05) is 4.72 Å². The number of carboxylic acid groups (broad SMARTS) is 1. The molecule has 3 aromatic carbocycles. The van der Waals surface area contributed by atoms with Gasteiger partial charge in [-0.1, -0.05) is 17.3 Å². The van der Waals surface area contributed by atoms with E-state index in [4.69, 9.17) is 0 Å². The Hall–Kier alpha value is -6.49. The first-order valence-corrected chi connectivity index (χ1v) is 15.9. The van der Waals surface area contributed by atoms with E-state index in [1.807, 2.05) is 0 Å². The molecule has 248 valence electrons. The average Bonchev–Trinajstić information content (AvgIpc) is 3.63. The number of amides is 1. The van der Waals surface area contributed by atoms with Gasteiger partial charge in [0.25, 0.3) is 21.5 Å². The van der Waals surface area contributed by atoms with E-state index in [0.717, 1.165) is 16.7 Å². The van der Waals surface area contributed by atoms with Gasteiger partial charge in [0.2, 0.25) is 0 Å². The lowest BCUT2D eigenvalue weighted by atomic mass is 10.0. The van der Waals surface area contributed by atoms with Gasteiger partial charge in [0.05, 0.1) is 57.0 Å². The fraction of sp³-hybridized carbons (Fsp3) is 0.0938. The van der Waals surface area contributed by atoms with Gasteiger partial charge in [-0.3, -0.25) is 23.9 Å². The molecule has 3 N–H and O–H groups in total. The molecule has 17 heteroatoms. The van der Waals surface area contributed by atoms with Gasteiger partial charge in [-0.2, -0.15) is 0 Å². The molecule has 0 unspecified atom stereocenters. The number of nitrogens with one attached hydrogen (secondary N) is 2. The fourth-order valence-electron chi connectivity index (χ4n) is 5.08. The minimum atomic E-state index is -4.13. The van der Waals surface area contributed by atoms with Crippen molar-refractivity contribution in [2.45, 2.75) is 17.4 Å². The Labute approximate surface area is 276 Å². The Balaban J connectivity index is 1.14. The number of aryl methyl sites for hydroxylation is 1. The van der Waals surface area contributed by atoms with Gasteiger partial charge in [0.1, 0.15) is 11.9 Å². The second-order valence-electron chi connectivity index (χ2n) is 10.8. The Morgan fingerprint density at radius 3 is 2.33 bits per heavy atom. The van der Waals surface area contributed by atoms with E-state index in [2.05, 4.69) is 25.3 Å². The third-order valence-electron chi connectivity index (χ3n) is 7.61. The number of sulfonamides is 1. The molecular weight excluding hydrogens is 659 g/mol. The van der Waals surface area contributed by atoms with Gasteiger partial charge in [0.15, 0.2) is 0 Å². The summed E-state index contributed by atoms with van der Waals surface area (Å²) in [5, 5.41) is 19.9. The van der Waals surface area contributed by atoms with Gasteiger partial charge < -0.3 is 10.4 Å². The predicted octanol–water partition coefficient (Wildman–Crippen LogP) is 2.03. The van der Waals surface area contributed by atoms with Crippen molar-refractivity contribution in [1.29, 1.82) is 0 Å². The van der Waals surface area contributed by atoms with E-state index in [0.29, 0.717) is 16.8 Å². The molecule has 6 rings (SSSR count). The standard InChI is InChI=1S/C32H25FN8O7S/c1-39-28-18-34-13-12-25(28)30(43)41(32(39)46)22-5-2-19(3-6-22)16-27(31(44)45)36-29(42)24-11-4-20(17-26(24)33)37-49(47,48)23-9-7-21(8-10-23)40-15-14-35-38-40/h2-15,17-18,27,37H,16H2,1H3,(H,36,42)(H,44,45)/t27-/m0/s1. The number of aliphatic carboxylic acids is 1. The van der Waals surface area contributed by atoms with E-state index < -0.39 is 50.6 Å². The maximum absolute atomic E-state index is 15.0. The summed E-state index contributed by atoms with van der Waals surface area (Å²) in [6.45, 7) is 0. The van der Waals surface area contributed by atoms with Crippen LogP contribution in [0, 0.1) is 5.82 Å². The molecule has 0 saturated carbocycles. The Morgan fingerprint density at radius 2 is 1.67 bits per heavy atom. The van der Waals surface area contributed by atoms with Crippen LogP contribution in [0.2, 0.25) is 0 Å². The van der Waals surface area contributed by atoms with Crippen LogP contribution in [0.5, 0.6) is 0 Å². The summed E-state index contributed by atoms with van der Waals surface area (Å²) in [7, 11) is -2.62. The Morgan fingerprint density at radius 1 is 0.959 bits per heavy atom. The number of nitrogens with zero attached hydrogens (tertiary/aromatic N) is 6. The molecule has 0 fully saturated rings. The molecule has 49 heavy (non-hydrogen) atoms. The highest BCUT2D eigenvalue weighted by molar-refractivity contribution is 7.92. The molecule has 0 aliphatic carbocycles. The first-order valence-electron chi connectivity index (χ1n) is 14.4. The molecule has 3 heterocycles. The molecule has 0 radical (unpaired) electrons. The topological polar surface area (TPSA) is 200 Å². The van der Waals surface area contributed by atoms with Crippen LogP contribution in [0.4, 0.5) is 10.1 Å². The monoisotopic (exact) mass is 684 g/mol. The molecule has 6 aromatic rings. The number of benzene rings is 3. The normalized spacial score (nSPS) is 12.0. The molecular formula is C32H25FN8O7S. The van der Waals surface area contributed by atoms with Crippen molar-refractivity contribution in [3.63, 3.8) is 0 Å². The fourth-order valence-corrected chi connectivity index (χ4v) is 6.13. The zero-order chi connectivity index (χ0) is 34.9. The number of hydrogen-bond donors (Lipinski definition) is 3. The predicted molar refractivity (Wildman–Crippen MR) is 174 cm³/mol. The molecule has 0 aliphatic rings.